The predicted molar refractivity (Wildman–Crippen MR) is 66.7 cm³/mol. The molecular formula is C13H26N2O. The van der Waals surface area contributed by atoms with Crippen LogP contribution in [0.1, 0.15) is 32.6 Å². The minimum absolute atomic E-state index is 0.375. The summed E-state index contributed by atoms with van der Waals surface area (Å²) in [6.45, 7) is 8.05. The Morgan fingerprint density at radius 2 is 2.12 bits per heavy atom. The van der Waals surface area contributed by atoms with E-state index in [1.54, 1.807) is 0 Å². The Labute approximate surface area is 99.5 Å². The lowest BCUT2D eigenvalue weighted by atomic mass is 9.89. The molecule has 0 aliphatic carbocycles. The maximum Gasteiger partial charge on any atom is 0.0506 e. The van der Waals surface area contributed by atoms with Crippen molar-refractivity contribution in [3.05, 3.63) is 0 Å². The van der Waals surface area contributed by atoms with E-state index in [0.29, 0.717) is 5.54 Å². The third-order valence-electron chi connectivity index (χ3n) is 4.33. The maximum atomic E-state index is 5.55. The van der Waals surface area contributed by atoms with Gasteiger partial charge in [-0.05, 0) is 58.7 Å². The summed E-state index contributed by atoms with van der Waals surface area (Å²) in [6, 6.07) is 0. The molecular weight excluding hydrogens is 200 g/mol. The first kappa shape index (κ1) is 12.3. The second kappa shape index (κ2) is 5.48. The topological polar surface area (TPSA) is 24.5 Å². The van der Waals surface area contributed by atoms with Crippen LogP contribution in [0.4, 0.5) is 0 Å². The molecule has 0 aromatic rings. The Morgan fingerprint density at radius 3 is 2.69 bits per heavy atom. The van der Waals surface area contributed by atoms with Gasteiger partial charge >= 0.3 is 0 Å². The quantitative estimate of drug-likeness (QED) is 0.789. The standard InChI is InChI=1S/C13H26N2O/c1-13(14-2)5-7-15(8-6-13)10-12-4-3-9-16-11-12/h12,14H,3-11H2,1-2H3. The Morgan fingerprint density at radius 1 is 1.38 bits per heavy atom. The van der Waals surface area contributed by atoms with Crippen molar-refractivity contribution in [3.63, 3.8) is 0 Å². The molecule has 94 valence electrons. The summed E-state index contributed by atoms with van der Waals surface area (Å²) in [5, 5.41) is 3.45. The van der Waals surface area contributed by atoms with Gasteiger partial charge in [-0.2, -0.15) is 0 Å². The van der Waals surface area contributed by atoms with E-state index in [1.807, 2.05) is 0 Å². The molecule has 3 nitrogen and oxygen atoms in total. The van der Waals surface area contributed by atoms with Crippen LogP contribution in [0.2, 0.25) is 0 Å². The van der Waals surface area contributed by atoms with Crippen molar-refractivity contribution in [2.45, 2.75) is 38.1 Å². The van der Waals surface area contributed by atoms with E-state index in [0.717, 1.165) is 19.1 Å². The van der Waals surface area contributed by atoms with E-state index in [-0.39, 0.29) is 0 Å². The summed E-state index contributed by atoms with van der Waals surface area (Å²) >= 11 is 0. The maximum absolute atomic E-state index is 5.55. The molecule has 16 heavy (non-hydrogen) atoms. The molecule has 0 radical (unpaired) electrons. The van der Waals surface area contributed by atoms with Gasteiger partial charge in [-0.3, -0.25) is 0 Å². The number of nitrogens with one attached hydrogen (secondary N) is 1. The van der Waals surface area contributed by atoms with E-state index >= 15 is 0 Å². The Balaban J connectivity index is 1.72. The zero-order valence-electron chi connectivity index (χ0n) is 10.8. The van der Waals surface area contributed by atoms with Crippen molar-refractivity contribution in [2.75, 3.05) is 39.9 Å². The molecule has 1 unspecified atom stereocenters. The van der Waals surface area contributed by atoms with Gasteiger partial charge in [0.05, 0.1) is 6.61 Å². The van der Waals surface area contributed by atoms with Crippen LogP contribution in [0.25, 0.3) is 0 Å². The fourth-order valence-corrected chi connectivity index (χ4v) is 2.80. The van der Waals surface area contributed by atoms with Crippen molar-refractivity contribution in [1.82, 2.24) is 10.2 Å². The summed E-state index contributed by atoms with van der Waals surface area (Å²) in [4.78, 5) is 2.62. The van der Waals surface area contributed by atoms with E-state index in [1.165, 1.54) is 45.3 Å². The van der Waals surface area contributed by atoms with Gasteiger partial charge in [-0.15, -0.1) is 0 Å². The second-order valence-corrected chi connectivity index (χ2v) is 5.69. The third kappa shape index (κ3) is 3.19. The first-order valence-electron chi connectivity index (χ1n) is 6.71. The van der Waals surface area contributed by atoms with Gasteiger partial charge in [0, 0.05) is 18.7 Å². The number of likely N-dealkylation sites (tertiary alicyclic amines) is 1. The third-order valence-corrected chi connectivity index (χ3v) is 4.33. The number of hydrogen-bond acceptors (Lipinski definition) is 3. The smallest absolute Gasteiger partial charge is 0.0506 e. The van der Waals surface area contributed by atoms with Crippen LogP contribution in [0, 0.1) is 5.92 Å². The highest BCUT2D eigenvalue weighted by atomic mass is 16.5. The predicted octanol–water partition coefficient (Wildman–Crippen LogP) is 1.49. The van der Waals surface area contributed by atoms with Gasteiger partial charge in [0.15, 0.2) is 0 Å². The number of ether oxygens (including phenoxy) is 1. The number of piperidine rings is 1. The highest BCUT2D eigenvalue weighted by Crippen LogP contribution is 2.23. The summed E-state index contributed by atoms with van der Waals surface area (Å²) < 4.78 is 5.55. The molecule has 1 atom stereocenters. The summed E-state index contributed by atoms with van der Waals surface area (Å²) in [5.74, 6) is 0.785. The Bertz CT molecular complexity index is 206. The Kier molecular flexibility index (Phi) is 4.22. The minimum atomic E-state index is 0.375. The SMILES string of the molecule is CNC1(C)CCN(CC2CCCOC2)CC1. The van der Waals surface area contributed by atoms with E-state index in [9.17, 15) is 0 Å². The van der Waals surface area contributed by atoms with Crippen molar-refractivity contribution in [2.24, 2.45) is 5.92 Å². The fourth-order valence-electron chi connectivity index (χ4n) is 2.80. The lowest BCUT2D eigenvalue weighted by Crippen LogP contribution is -2.51. The molecule has 0 spiro atoms. The van der Waals surface area contributed by atoms with Crippen LogP contribution in [0.15, 0.2) is 0 Å². The largest absolute Gasteiger partial charge is 0.381 e. The summed E-state index contributed by atoms with van der Waals surface area (Å²) in [6.07, 6.45) is 5.17. The molecule has 2 rings (SSSR count). The van der Waals surface area contributed by atoms with E-state index < -0.39 is 0 Å². The van der Waals surface area contributed by atoms with Crippen molar-refractivity contribution >= 4 is 0 Å². The van der Waals surface area contributed by atoms with E-state index in [4.69, 9.17) is 4.74 Å². The van der Waals surface area contributed by atoms with Gasteiger partial charge in [0.1, 0.15) is 0 Å². The van der Waals surface area contributed by atoms with Gasteiger partial charge in [-0.1, -0.05) is 0 Å². The van der Waals surface area contributed by atoms with Crippen LogP contribution >= 0.6 is 0 Å². The molecule has 0 saturated carbocycles. The summed E-state index contributed by atoms with van der Waals surface area (Å²) in [5.41, 5.74) is 0.375. The Hall–Kier alpha value is -0.120. The average molecular weight is 226 g/mol. The molecule has 2 aliphatic heterocycles. The zero-order valence-corrected chi connectivity index (χ0v) is 10.8. The molecule has 2 fully saturated rings. The van der Waals surface area contributed by atoms with Crippen LogP contribution in [0.3, 0.4) is 0 Å². The number of rotatable bonds is 3. The van der Waals surface area contributed by atoms with Crippen molar-refractivity contribution < 1.29 is 4.74 Å². The lowest BCUT2D eigenvalue weighted by molar-refractivity contribution is 0.0303. The van der Waals surface area contributed by atoms with Crippen LogP contribution in [-0.4, -0.2) is 50.3 Å². The molecule has 0 bridgehead atoms. The normalized spacial score (nSPS) is 31.5. The molecule has 2 heterocycles. The van der Waals surface area contributed by atoms with Gasteiger partial charge < -0.3 is 15.0 Å². The van der Waals surface area contributed by atoms with Gasteiger partial charge in [0.25, 0.3) is 0 Å². The molecule has 0 aromatic carbocycles. The molecule has 1 N–H and O–H groups in total. The van der Waals surface area contributed by atoms with Crippen LogP contribution in [0.5, 0.6) is 0 Å². The first-order valence-corrected chi connectivity index (χ1v) is 6.71. The van der Waals surface area contributed by atoms with Crippen LogP contribution < -0.4 is 5.32 Å². The highest BCUT2D eigenvalue weighted by Gasteiger charge is 2.29. The number of hydrogen-bond donors (Lipinski definition) is 1. The van der Waals surface area contributed by atoms with Crippen molar-refractivity contribution in [1.29, 1.82) is 0 Å². The summed E-state index contributed by atoms with van der Waals surface area (Å²) in [7, 11) is 2.09. The number of nitrogens with zero attached hydrogens (tertiary/aromatic N) is 1. The van der Waals surface area contributed by atoms with Crippen LogP contribution in [-0.2, 0) is 4.74 Å². The van der Waals surface area contributed by atoms with Gasteiger partial charge in [-0.25, -0.2) is 0 Å². The van der Waals surface area contributed by atoms with Crippen molar-refractivity contribution in [3.8, 4) is 0 Å². The average Bonchev–Trinajstić information content (AvgIpc) is 2.34. The minimum Gasteiger partial charge on any atom is -0.381 e. The highest BCUT2D eigenvalue weighted by molar-refractivity contribution is 4.88. The molecule has 0 aromatic heterocycles. The fraction of sp³-hybridized carbons (Fsp3) is 1.00. The lowest BCUT2D eigenvalue weighted by Gasteiger charge is -2.40. The second-order valence-electron chi connectivity index (χ2n) is 5.69. The molecule has 2 saturated heterocycles. The monoisotopic (exact) mass is 226 g/mol. The molecule has 2 aliphatic rings. The van der Waals surface area contributed by atoms with E-state index in [2.05, 4.69) is 24.2 Å². The molecule has 3 heteroatoms. The van der Waals surface area contributed by atoms with Gasteiger partial charge in [0.2, 0.25) is 0 Å². The first-order chi connectivity index (χ1) is 7.72. The zero-order chi connectivity index (χ0) is 11.4. The molecule has 0 amide bonds.